The van der Waals surface area contributed by atoms with Gasteiger partial charge in [0, 0.05) is 52.4 Å². The summed E-state index contributed by atoms with van der Waals surface area (Å²) in [5.41, 5.74) is 6.49. The fraction of sp³-hybridized carbons (Fsp3) is 0.429. The number of halogens is 2. The van der Waals surface area contributed by atoms with E-state index in [1.165, 1.54) is 17.2 Å². The Morgan fingerprint density at radius 2 is 1.89 bits per heavy atom. The molecule has 1 aromatic carbocycles. The Labute approximate surface area is 263 Å². The highest BCUT2D eigenvalue weighted by molar-refractivity contribution is 7.91. The molecule has 1 atom stereocenters. The molecule has 0 aliphatic carbocycles. The number of aromatic nitrogens is 4. The number of amides is 1. The summed E-state index contributed by atoms with van der Waals surface area (Å²) in [7, 11) is 1.81. The third kappa shape index (κ3) is 5.41. The van der Waals surface area contributed by atoms with Crippen LogP contribution in [-0.2, 0) is 17.7 Å². The van der Waals surface area contributed by atoms with Crippen LogP contribution < -0.4 is 20.4 Å². The first-order valence-electron chi connectivity index (χ1n) is 14.5. The van der Waals surface area contributed by atoms with Crippen molar-refractivity contribution in [2.75, 3.05) is 74.2 Å². The largest absolute Gasteiger partial charge is 0.616 e. The number of nitrogens with zero attached hydrogens (tertiary/aromatic N) is 8. The molecule has 0 spiro atoms. The Hall–Kier alpha value is -3.77. The van der Waals surface area contributed by atoms with Crippen LogP contribution in [0, 0.1) is 11.6 Å². The zero-order valence-electron chi connectivity index (χ0n) is 24.4. The molecule has 2 saturated heterocycles. The van der Waals surface area contributed by atoms with E-state index in [2.05, 4.69) is 15.0 Å². The van der Waals surface area contributed by atoms with Crippen LogP contribution in [0.1, 0.15) is 16.6 Å². The number of rotatable bonds is 6. The van der Waals surface area contributed by atoms with Crippen molar-refractivity contribution < 1.29 is 22.5 Å². The van der Waals surface area contributed by atoms with Gasteiger partial charge in [0.25, 0.3) is 5.91 Å². The first-order valence-corrected chi connectivity index (χ1v) is 16.8. The van der Waals surface area contributed by atoms with Gasteiger partial charge in [0.1, 0.15) is 33.8 Å². The number of nitrogens with two attached hydrogens (primary N) is 1. The molecule has 7 rings (SSSR count). The van der Waals surface area contributed by atoms with Crippen LogP contribution in [0.3, 0.4) is 0 Å². The molecule has 0 bridgehead atoms. The van der Waals surface area contributed by atoms with Gasteiger partial charge in [-0.3, -0.25) is 24.8 Å². The number of hydrogen-bond acceptors (Lipinski definition) is 11. The number of furan rings is 1. The maximum absolute atomic E-state index is 14.9. The number of hydrogen-bond donors (Lipinski definition) is 1. The summed E-state index contributed by atoms with van der Waals surface area (Å²) in [5, 5.41) is 4.51. The molecule has 1 amide bonds. The lowest BCUT2D eigenvalue weighted by Gasteiger charge is -2.37. The molecule has 2 fully saturated rings. The molecule has 238 valence electrons. The third-order valence-electron chi connectivity index (χ3n) is 8.51. The van der Waals surface area contributed by atoms with Crippen molar-refractivity contribution >= 4 is 39.9 Å². The highest BCUT2D eigenvalue weighted by Crippen LogP contribution is 2.40. The van der Waals surface area contributed by atoms with Gasteiger partial charge in [0.15, 0.2) is 17.9 Å². The fourth-order valence-electron chi connectivity index (χ4n) is 5.96. The molecule has 6 heterocycles. The minimum atomic E-state index is -0.981. The van der Waals surface area contributed by atoms with Gasteiger partial charge in [-0.15, -0.1) is 5.10 Å². The second kappa shape index (κ2) is 11.9. The van der Waals surface area contributed by atoms with E-state index in [4.69, 9.17) is 10.2 Å². The van der Waals surface area contributed by atoms with E-state index < -0.39 is 35.0 Å². The zero-order chi connectivity index (χ0) is 31.4. The van der Waals surface area contributed by atoms with Gasteiger partial charge in [0.2, 0.25) is 5.82 Å². The van der Waals surface area contributed by atoms with Gasteiger partial charge in [-0.1, -0.05) is 22.5 Å². The molecule has 3 aliphatic heterocycles. The monoisotopic (exact) mass is 659 g/mol. The number of thiazole rings is 1. The third-order valence-corrected chi connectivity index (χ3v) is 10.8. The Morgan fingerprint density at radius 1 is 1.13 bits per heavy atom. The molecule has 2 N–H and O–H groups in total. The van der Waals surface area contributed by atoms with E-state index in [0.717, 1.165) is 17.4 Å². The van der Waals surface area contributed by atoms with Crippen molar-refractivity contribution in [3.63, 3.8) is 0 Å². The highest BCUT2D eigenvalue weighted by atomic mass is 32.2. The number of carbonyl (C=O) groups is 1. The Balaban J connectivity index is 1.03. The van der Waals surface area contributed by atoms with Crippen LogP contribution in [-0.4, -0.2) is 104 Å². The average Bonchev–Trinajstić information content (AvgIpc) is 3.79. The van der Waals surface area contributed by atoms with Crippen molar-refractivity contribution in [1.82, 2.24) is 29.1 Å². The second-order valence-corrected chi connectivity index (χ2v) is 13.8. The normalized spacial score (nSPS) is 19.2. The molecule has 17 heteroatoms. The van der Waals surface area contributed by atoms with Crippen molar-refractivity contribution in [3.8, 4) is 22.3 Å². The van der Waals surface area contributed by atoms with Gasteiger partial charge < -0.3 is 23.7 Å². The maximum Gasteiger partial charge on any atom is 0.309 e. The second-order valence-electron chi connectivity index (χ2n) is 11.1. The molecule has 0 radical (unpaired) electrons. The molecule has 3 aromatic heterocycles. The van der Waals surface area contributed by atoms with Crippen molar-refractivity contribution in [2.24, 2.45) is 5.73 Å². The van der Waals surface area contributed by atoms with E-state index in [0.29, 0.717) is 78.9 Å². The average molecular weight is 660 g/mol. The quantitative estimate of drug-likeness (QED) is 0.303. The summed E-state index contributed by atoms with van der Waals surface area (Å²) in [6, 6.07) is 5.57. The minimum Gasteiger partial charge on any atom is -0.616 e. The predicted octanol–water partition coefficient (Wildman–Crippen LogP) is 1.60. The molecule has 1 unspecified atom stereocenters. The van der Waals surface area contributed by atoms with Crippen molar-refractivity contribution in [3.05, 3.63) is 57.4 Å². The van der Waals surface area contributed by atoms with Gasteiger partial charge in [-0.05, 0) is 18.2 Å². The summed E-state index contributed by atoms with van der Waals surface area (Å²) in [5.74, 6) is 0.612. The van der Waals surface area contributed by atoms with Crippen LogP contribution in [0.4, 0.5) is 20.3 Å². The molecule has 4 aromatic rings. The van der Waals surface area contributed by atoms with Gasteiger partial charge >= 0.3 is 4.87 Å². The van der Waals surface area contributed by atoms with E-state index in [1.807, 2.05) is 11.9 Å². The fourth-order valence-corrected chi connectivity index (χ4v) is 8.05. The van der Waals surface area contributed by atoms with Crippen LogP contribution >= 0.6 is 11.3 Å². The summed E-state index contributed by atoms with van der Waals surface area (Å²) in [6.07, 6.45) is 0.867. The van der Waals surface area contributed by atoms with E-state index >= 15 is 0 Å². The van der Waals surface area contributed by atoms with Crippen LogP contribution in [0.15, 0.2) is 39.7 Å². The van der Waals surface area contributed by atoms with Crippen LogP contribution in [0.2, 0.25) is 0 Å². The lowest BCUT2D eigenvalue weighted by molar-refractivity contribution is 0.0765. The first-order chi connectivity index (χ1) is 21.7. The Morgan fingerprint density at radius 3 is 2.60 bits per heavy atom. The summed E-state index contributed by atoms with van der Waals surface area (Å²) < 4.78 is 50.0. The molecule has 0 saturated carbocycles. The molecule has 3 aliphatic rings. The SMILES string of the molecule is CN1c2c(sc(=O)n2CCN2CCN(c3cc(C(=O)N4CC[S+]([O-])CC4)c(F)cc3F)CC2)-c2nc(-c3ccco3)nn2C1N. The van der Waals surface area contributed by atoms with Gasteiger partial charge in [0.05, 0.1) is 30.6 Å². The molecular formula is C28H31F2N9O4S2. The molecule has 45 heavy (non-hydrogen) atoms. The summed E-state index contributed by atoms with van der Waals surface area (Å²) in [4.78, 5) is 38.6. The zero-order valence-corrected chi connectivity index (χ0v) is 26.0. The smallest absolute Gasteiger partial charge is 0.309 e. The Bertz CT molecular complexity index is 1780. The number of carbonyl (C=O) groups excluding carboxylic acids is 1. The molecular weight excluding hydrogens is 628 g/mol. The molecule has 13 nitrogen and oxygen atoms in total. The maximum atomic E-state index is 14.9. The van der Waals surface area contributed by atoms with Gasteiger partial charge in [-0.2, -0.15) is 0 Å². The first kappa shape index (κ1) is 29.9. The summed E-state index contributed by atoms with van der Waals surface area (Å²) >= 11 is 0.106. The van der Waals surface area contributed by atoms with Crippen LogP contribution in [0.25, 0.3) is 22.3 Å². The topological polar surface area (TPSA) is 145 Å². The van der Waals surface area contributed by atoms with E-state index in [-0.39, 0.29) is 29.2 Å². The number of fused-ring (bicyclic) bond motifs is 3. The Kier molecular flexibility index (Phi) is 7.89. The van der Waals surface area contributed by atoms with E-state index in [9.17, 15) is 22.9 Å². The van der Waals surface area contributed by atoms with Crippen LogP contribution in [0.5, 0.6) is 0 Å². The van der Waals surface area contributed by atoms with Crippen molar-refractivity contribution in [1.29, 1.82) is 0 Å². The highest BCUT2D eigenvalue weighted by Gasteiger charge is 2.35. The van der Waals surface area contributed by atoms with Gasteiger partial charge in [-0.25, -0.2) is 18.4 Å². The number of benzene rings is 1. The lowest BCUT2D eigenvalue weighted by atomic mass is 10.1. The lowest BCUT2D eigenvalue weighted by Crippen LogP contribution is -2.48. The minimum absolute atomic E-state index is 0.140. The number of anilines is 2. The predicted molar refractivity (Wildman–Crippen MR) is 166 cm³/mol. The van der Waals surface area contributed by atoms with Crippen molar-refractivity contribution in [2.45, 2.75) is 12.8 Å². The summed E-state index contributed by atoms with van der Waals surface area (Å²) in [6.45, 7) is 3.60. The number of piperazine rings is 1. The van der Waals surface area contributed by atoms with E-state index in [1.54, 1.807) is 26.3 Å². The standard InChI is InChI=1S/C28H31F2N9O4S2/c1-34-25-22(24-32-23(21-3-2-12-43-21)33-39(24)27(34)31)44-28(41)38(25)9-6-35-4-7-36(8-5-35)20-15-17(18(29)16-19(20)30)26(40)37-10-13-45(42)14-11-37/h2-3,12,15-16,27H,4-11,13-14,31H2,1H3.